The van der Waals surface area contributed by atoms with Crippen LogP contribution in [0.5, 0.6) is 0 Å². The van der Waals surface area contributed by atoms with E-state index in [4.69, 9.17) is 4.42 Å². The van der Waals surface area contributed by atoms with Crippen LogP contribution in [0, 0.1) is 0 Å². The quantitative estimate of drug-likeness (QED) is 0.759. The van der Waals surface area contributed by atoms with Gasteiger partial charge < -0.3 is 4.42 Å². The van der Waals surface area contributed by atoms with Crippen LogP contribution in [0.25, 0.3) is 0 Å². The third-order valence-electron chi connectivity index (χ3n) is 4.00. The van der Waals surface area contributed by atoms with Crippen molar-refractivity contribution in [3.05, 3.63) is 54.2 Å². The standard InChI is InChI=1S/C18H26N2O/c1-14(2)20(15(3)4)11-10-17(18-12-19-13-21-18)16-8-6-5-7-9-16/h5-9,12-15,17H,10-11H2,1-4H3. The second kappa shape index (κ2) is 7.41. The molecule has 0 bridgehead atoms. The normalized spacial score (nSPS) is 13.3. The molecule has 114 valence electrons. The third kappa shape index (κ3) is 4.18. The van der Waals surface area contributed by atoms with Crippen molar-refractivity contribution < 1.29 is 4.42 Å². The van der Waals surface area contributed by atoms with Crippen molar-refractivity contribution in [1.29, 1.82) is 0 Å². The van der Waals surface area contributed by atoms with Crippen molar-refractivity contribution in [3.8, 4) is 0 Å². The van der Waals surface area contributed by atoms with E-state index in [0.717, 1.165) is 18.7 Å². The maximum absolute atomic E-state index is 5.57. The number of oxazole rings is 1. The summed E-state index contributed by atoms with van der Waals surface area (Å²) in [5.74, 6) is 1.22. The van der Waals surface area contributed by atoms with Gasteiger partial charge in [-0.1, -0.05) is 30.3 Å². The van der Waals surface area contributed by atoms with E-state index in [2.05, 4.69) is 67.9 Å². The van der Waals surface area contributed by atoms with Gasteiger partial charge in [0.05, 0.1) is 6.20 Å². The molecular weight excluding hydrogens is 260 g/mol. The molecule has 0 N–H and O–H groups in total. The van der Waals surface area contributed by atoms with Crippen molar-refractivity contribution >= 4 is 0 Å². The molecule has 0 aliphatic heterocycles. The highest BCUT2D eigenvalue weighted by Gasteiger charge is 2.20. The molecule has 3 heteroatoms. The first-order chi connectivity index (χ1) is 10.1. The van der Waals surface area contributed by atoms with Gasteiger partial charge in [0.15, 0.2) is 6.39 Å². The Morgan fingerprint density at radius 3 is 2.24 bits per heavy atom. The zero-order valence-corrected chi connectivity index (χ0v) is 13.5. The molecule has 1 unspecified atom stereocenters. The summed E-state index contributed by atoms with van der Waals surface area (Å²) in [7, 11) is 0. The molecule has 3 nitrogen and oxygen atoms in total. The van der Waals surface area contributed by atoms with E-state index >= 15 is 0 Å². The fourth-order valence-corrected chi connectivity index (χ4v) is 2.95. The van der Waals surface area contributed by atoms with Crippen LogP contribution >= 0.6 is 0 Å². The molecule has 1 atom stereocenters. The molecule has 0 spiro atoms. The summed E-state index contributed by atoms with van der Waals surface area (Å²) in [5.41, 5.74) is 1.29. The maximum Gasteiger partial charge on any atom is 0.180 e. The summed E-state index contributed by atoms with van der Waals surface area (Å²) in [6.07, 6.45) is 4.40. The van der Waals surface area contributed by atoms with Crippen LogP contribution in [0.15, 0.2) is 47.3 Å². The molecule has 1 aromatic carbocycles. The van der Waals surface area contributed by atoms with E-state index in [1.165, 1.54) is 12.0 Å². The second-order valence-corrected chi connectivity index (χ2v) is 6.08. The van der Waals surface area contributed by atoms with Gasteiger partial charge in [-0.15, -0.1) is 0 Å². The predicted octanol–water partition coefficient (Wildman–Crippen LogP) is 4.32. The molecule has 2 rings (SSSR count). The summed E-state index contributed by atoms with van der Waals surface area (Å²) in [4.78, 5) is 6.61. The fourth-order valence-electron chi connectivity index (χ4n) is 2.95. The van der Waals surface area contributed by atoms with Crippen molar-refractivity contribution in [2.75, 3.05) is 6.54 Å². The van der Waals surface area contributed by atoms with Crippen LogP contribution in [0.1, 0.15) is 51.4 Å². The Hall–Kier alpha value is -1.61. The summed E-state index contributed by atoms with van der Waals surface area (Å²) in [6, 6.07) is 11.7. The van der Waals surface area contributed by atoms with Crippen molar-refractivity contribution in [2.45, 2.75) is 52.1 Å². The molecule has 0 aliphatic rings. The first-order valence-corrected chi connectivity index (χ1v) is 7.78. The largest absolute Gasteiger partial charge is 0.448 e. The van der Waals surface area contributed by atoms with Gasteiger partial charge in [-0.2, -0.15) is 0 Å². The zero-order valence-electron chi connectivity index (χ0n) is 13.5. The molecule has 1 aromatic heterocycles. The highest BCUT2D eigenvalue weighted by Crippen LogP contribution is 2.28. The van der Waals surface area contributed by atoms with E-state index in [1.807, 2.05) is 6.20 Å². The minimum Gasteiger partial charge on any atom is -0.448 e. The highest BCUT2D eigenvalue weighted by molar-refractivity contribution is 5.26. The Bertz CT molecular complexity index is 497. The average molecular weight is 286 g/mol. The molecule has 0 saturated heterocycles. The third-order valence-corrected chi connectivity index (χ3v) is 4.00. The zero-order chi connectivity index (χ0) is 15.2. The lowest BCUT2D eigenvalue weighted by atomic mass is 9.93. The van der Waals surface area contributed by atoms with E-state index in [1.54, 1.807) is 0 Å². The van der Waals surface area contributed by atoms with Gasteiger partial charge in [0, 0.05) is 18.0 Å². The summed E-state index contributed by atoms with van der Waals surface area (Å²) < 4.78 is 5.57. The number of rotatable bonds is 7. The monoisotopic (exact) mass is 286 g/mol. The van der Waals surface area contributed by atoms with Crippen LogP contribution < -0.4 is 0 Å². The molecule has 2 aromatic rings. The van der Waals surface area contributed by atoms with E-state index in [0.29, 0.717) is 12.1 Å². The van der Waals surface area contributed by atoms with Gasteiger partial charge in [-0.25, -0.2) is 4.98 Å². The number of hydrogen-bond acceptors (Lipinski definition) is 3. The lowest BCUT2D eigenvalue weighted by Crippen LogP contribution is -2.38. The molecule has 0 saturated carbocycles. The van der Waals surface area contributed by atoms with Crippen molar-refractivity contribution in [2.24, 2.45) is 0 Å². The lowest BCUT2D eigenvalue weighted by Gasteiger charge is -2.31. The second-order valence-electron chi connectivity index (χ2n) is 6.08. The Kier molecular flexibility index (Phi) is 5.57. The summed E-state index contributed by atoms with van der Waals surface area (Å²) in [5, 5.41) is 0. The van der Waals surface area contributed by atoms with E-state index in [-0.39, 0.29) is 5.92 Å². The van der Waals surface area contributed by atoms with Crippen molar-refractivity contribution in [1.82, 2.24) is 9.88 Å². The van der Waals surface area contributed by atoms with Crippen LogP contribution in [-0.2, 0) is 0 Å². The molecule has 1 heterocycles. The topological polar surface area (TPSA) is 29.3 Å². The van der Waals surface area contributed by atoms with E-state index in [9.17, 15) is 0 Å². The van der Waals surface area contributed by atoms with Crippen LogP contribution in [0.3, 0.4) is 0 Å². The molecule has 0 fully saturated rings. The first-order valence-electron chi connectivity index (χ1n) is 7.78. The SMILES string of the molecule is CC(C)N(CCC(c1ccccc1)c1cnco1)C(C)C. The Labute approximate surface area is 128 Å². The van der Waals surface area contributed by atoms with Crippen LogP contribution in [0.4, 0.5) is 0 Å². The van der Waals surface area contributed by atoms with Gasteiger partial charge in [-0.3, -0.25) is 4.90 Å². The number of benzene rings is 1. The number of aromatic nitrogens is 1. The fraction of sp³-hybridized carbons (Fsp3) is 0.500. The van der Waals surface area contributed by atoms with Gasteiger partial charge in [0.1, 0.15) is 5.76 Å². The van der Waals surface area contributed by atoms with Gasteiger partial charge in [0.25, 0.3) is 0 Å². The number of nitrogens with zero attached hydrogens (tertiary/aromatic N) is 2. The van der Waals surface area contributed by atoms with Gasteiger partial charge >= 0.3 is 0 Å². The molecule has 0 amide bonds. The Balaban J connectivity index is 2.14. The Morgan fingerprint density at radius 1 is 1.05 bits per heavy atom. The molecular formula is C18H26N2O. The predicted molar refractivity (Wildman–Crippen MR) is 86.4 cm³/mol. The minimum atomic E-state index is 0.272. The van der Waals surface area contributed by atoms with Gasteiger partial charge in [-0.05, 0) is 46.2 Å². The van der Waals surface area contributed by atoms with Crippen LogP contribution in [-0.4, -0.2) is 28.5 Å². The number of hydrogen-bond donors (Lipinski definition) is 0. The van der Waals surface area contributed by atoms with Gasteiger partial charge in [0.2, 0.25) is 0 Å². The maximum atomic E-state index is 5.57. The lowest BCUT2D eigenvalue weighted by molar-refractivity contribution is 0.169. The van der Waals surface area contributed by atoms with Crippen molar-refractivity contribution in [3.63, 3.8) is 0 Å². The summed E-state index contributed by atoms with van der Waals surface area (Å²) in [6.45, 7) is 10.1. The molecule has 21 heavy (non-hydrogen) atoms. The smallest absolute Gasteiger partial charge is 0.180 e. The molecule has 0 aliphatic carbocycles. The first kappa shape index (κ1) is 15.8. The molecule has 0 radical (unpaired) electrons. The van der Waals surface area contributed by atoms with E-state index < -0.39 is 0 Å². The highest BCUT2D eigenvalue weighted by atomic mass is 16.3. The van der Waals surface area contributed by atoms with Crippen LogP contribution in [0.2, 0.25) is 0 Å². The average Bonchev–Trinajstić information content (AvgIpc) is 2.97. The summed E-state index contributed by atoms with van der Waals surface area (Å²) >= 11 is 0. The minimum absolute atomic E-state index is 0.272. The Morgan fingerprint density at radius 2 is 1.71 bits per heavy atom.